The summed E-state index contributed by atoms with van der Waals surface area (Å²) in [6.07, 6.45) is 3.07. The third kappa shape index (κ3) is 1.80. The molecule has 0 spiro atoms. The fourth-order valence-electron chi connectivity index (χ4n) is 0.831. The summed E-state index contributed by atoms with van der Waals surface area (Å²) in [4.78, 5) is 17.2. The summed E-state index contributed by atoms with van der Waals surface area (Å²) in [7, 11) is 0. The highest BCUT2D eigenvalue weighted by molar-refractivity contribution is 6.30. The SMILES string of the molecule is CCCc1nc[nH]c(=O)c1Cl. The number of nitrogens with one attached hydrogen (secondary N) is 1. The van der Waals surface area contributed by atoms with Gasteiger partial charge in [-0.1, -0.05) is 24.9 Å². The number of hydrogen-bond donors (Lipinski definition) is 1. The van der Waals surface area contributed by atoms with Crippen LogP contribution in [0, 0.1) is 0 Å². The summed E-state index contributed by atoms with van der Waals surface area (Å²) in [5.41, 5.74) is 0.419. The molecule has 1 N–H and O–H groups in total. The van der Waals surface area contributed by atoms with Crippen LogP contribution in [0.25, 0.3) is 0 Å². The molecule has 1 aromatic heterocycles. The topological polar surface area (TPSA) is 45.8 Å². The summed E-state index contributed by atoms with van der Waals surface area (Å²) in [5, 5.41) is 0.217. The van der Waals surface area contributed by atoms with Crippen molar-refractivity contribution in [1.29, 1.82) is 0 Å². The standard InChI is InChI=1S/C7H9ClN2O/c1-2-3-5-6(8)7(11)10-4-9-5/h4H,2-3H2,1H3,(H,9,10,11). The summed E-state index contributed by atoms with van der Waals surface area (Å²) < 4.78 is 0. The zero-order valence-electron chi connectivity index (χ0n) is 6.22. The van der Waals surface area contributed by atoms with Crippen LogP contribution in [0.3, 0.4) is 0 Å². The van der Waals surface area contributed by atoms with Crippen LogP contribution in [0.15, 0.2) is 11.1 Å². The number of nitrogens with zero attached hydrogens (tertiary/aromatic N) is 1. The van der Waals surface area contributed by atoms with Gasteiger partial charge < -0.3 is 4.98 Å². The van der Waals surface area contributed by atoms with E-state index in [0.29, 0.717) is 5.69 Å². The highest BCUT2D eigenvalue weighted by atomic mass is 35.5. The second kappa shape index (κ2) is 3.53. The lowest BCUT2D eigenvalue weighted by Gasteiger charge is -1.97. The maximum Gasteiger partial charge on any atom is 0.269 e. The first-order valence-electron chi connectivity index (χ1n) is 3.47. The minimum absolute atomic E-state index is 0.217. The van der Waals surface area contributed by atoms with Gasteiger partial charge in [-0.25, -0.2) is 4.98 Å². The first kappa shape index (κ1) is 8.27. The van der Waals surface area contributed by atoms with Crippen molar-refractivity contribution in [3.8, 4) is 0 Å². The monoisotopic (exact) mass is 172 g/mol. The maximum absolute atomic E-state index is 10.9. The minimum atomic E-state index is -0.259. The van der Waals surface area contributed by atoms with Gasteiger partial charge in [0.25, 0.3) is 5.56 Å². The Morgan fingerprint density at radius 1 is 1.73 bits per heavy atom. The average molecular weight is 173 g/mol. The first-order valence-corrected chi connectivity index (χ1v) is 3.85. The van der Waals surface area contributed by atoms with Gasteiger partial charge in [0.15, 0.2) is 0 Å². The van der Waals surface area contributed by atoms with E-state index < -0.39 is 0 Å². The molecule has 0 aliphatic carbocycles. The smallest absolute Gasteiger partial charge is 0.269 e. The Bertz CT molecular complexity index is 295. The lowest BCUT2D eigenvalue weighted by molar-refractivity contribution is 0.866. The molecule has 0 unspecified atom stereocenters. The maximum atomic E-state index is 10.9. The van der Waals surface area contributed by atoms with Crippen molar-refractivity contribution in [2.45, 2.75) is 19.8 Å². The number of H-pyrrole nitrogens is 1. The van der Waals surface area contributed by atoms with Gasteiger partial charge in [0.05, 0.1) is 12.0 Å². The molecule has 3 nitrogen and oxygen atoms in total. The van der Waals surface area contributed by atoms with Crippen molar-refractivity contribution in [3.63, 3.8) is 0 Å². The number of aryl methyl sites for hydroxylation is 1. The molecule has 0 aliphatic heterocycles. The van der Waals surface area contributed by atoms with E-state index in [-0.39, 0.29) is 10.6 Å². The summed E-state index contributed by atoms with van der Waals surface area (Å²) in [6.45, 7) is 2.01. The molecule has 1 heterocycles. The van der Waals surface area contributed by atoms with Crippen LogP contribution < -0.4 is 5.56 Å². The normalized spacial score (nSPS) is 10.0. The average Bonchev–Trinajstić information content (AvgIpc) is 1.99. The first-order chi connectivity index (χ1) is 5.25. The second-order valence-electron chi connectivity index (χ2n) is 2.24. The van der Waals surface area contributed by atoms with Crippen molar-refractivity contribution in [2.75, 3.05) is 0 Å². The predicted molar refractivity (Wildman–Crippen MR) is 43.9 cm³/mol. The van der Waals surface area contributed by atoms with Gasteiger partial charge in [0, 0.05) is 0 Å². The molecule has 0 bridgehead atoms. The number of aromatic amines is 1. The van der Waals surface area contributed by atoms with Crippen LogP contribution in [0.2, 0.25) is 5.02 Å². The molecule has 11 heavy (non-hydrogen) atoms. The Morgan fingerprint density at radius 3 is 3.09 bits per heavy atom. The third-order valence-electron chi connectivity index (χ3n) is 1.36. The zero-order chi connectivity index (χ0) is 8.27. The largest absolute Gasteiger partial charge is 0.312 e. The Kier molecular flexibility index (Phi) is 2.65. The van der Waals surface area contributed by atoms with E-state index in [9.17, 15) is 4.79 Å². The quantitative estimate of drug-likeness (QED) is 0.733. The van der Waals surface area contributed by atoms with Gasteiger partial charge in [-0.2, -0.15) is 0 Å². The fourth-order valence-corrected chi connectivity index (χ4v) is 1.03. The Labute approximate surface area is 69.4 Å². The van der Waals surface area contributed by atoms with Crippen molar-refractivity contribution < 1.29 is 0 Å². The Morgan fingerprint density at radius 2 is 2.45 bits per heavy atom. The number of hydrogen-bond acceptors (Lipinski definition) is 2. The van der Waals surface area contributed by atoms with Crippen LogP contribution in [0.4, 0.5) is 0 Å². The summed E-state index contributed by atoms with van der Waals surface area (Å²) >= 11 is 5.67. The van der Waals surface area contributed by atoms with Crippen LogP contribution in [0.5, 0.6) is 0 Å². The molecule has 1 aromatic rings. The fraction of sp³-hybridized carbons (Fsp3) is 0.429. The van der Waals surface area contributed by atoms with Gasteiger partial charge in [0.1, 0.15) is 5.02 Å². The minimum Gasteiger partial charge on any atom is -0.312 e. The van der Waals surface area contributed by atoms with Crippen LogP contribution in [-0.2, 0) is 6.42 Å². The molecule has 0 saturated heterocycles. The van der Waals surface area contributed by atoms with Crippen molar-refractivity contribution in [3.05, 3.63) is 27.4 Å². The van der Waals surface area contributed by atoms with Crippen molar-refractivity contribution in [2.24, 2.45) is 0 Å². The van der Waals surface area contributed by atoms with Crippen molar-refractivity contribution in [1.82, 2.24) is 9.97 Å². The molecule has 0 radical (unpaired) electrons. The van der Waals surface area contributed by atoms with Crippen LogP contribution in [0.1, 0.15) is 19.0 Å². The lowest BCUT2D eigenvalue weighted by Crippen LogP contribution is -2.09. The van der Waals surface area contributed by atoms with Gasteiger partial charge >= 0.3 is 0 Å². The highest BCUT2D eigenvalue weighted by Crippen LogP contribution is 2.07. The van der Waals surface area contributed by atoms with E-state index in [4.69, 9.17) is 11.6 Å². The summed E-state index contributed by atoms with van der Waals surface area (Å²) in [5.74, 6) is 0. The molecule has 0 saturated carbocycles. The van der Waals surface area contributed by atoms with E-state index in [1.807, 2.05) is 6.92 Å². The van der Waals surface area contributed by atoms with Gasteiger partial charge in [-0.15, -0.1) is 0 Å². The Hall–Kier alpha value is -0.830. The number of aromatic nitrogens is 2. The number of rotatable bonds is 2. The Balaban J connectivity index is 3.06. The van der Waals surface area contributed by atoms with E-state index in [0.717, 1.165) is 12.8 Å². The second-order valence-corrected chi connectivity index (χ2v) is 2.62. The highest BCUT2D eigenvalue weighted by Gasteiger charge is 2.02. The van der Waals surface area contributed by atoms with Gasteiger partial charge in [-0.3, -0.25) is 4.79 Å². The molecule has 60 valence electrons. The molecule has 0 amide bonds. The third-order valence-corrected chi connectivity index (χ3v) is 1.75. The van der Waals surface area contributed by atoms with E-state index in [2.05, 4.69) is 9.97 Å². The van der Waals surface area contributed by atoms with Gasteiger partial charge in [0.2, 0.25) is 0 Å². The lowest BCUT2D eigenvalue weighted by atomic mass is 10.2. The van der Waals surface area contributed by atoms with E-state index in [1.54, 1.807) is 0 Å². The molecule has 0 fully saturated rings. The predicted octanol–water partition coefficient (Wildman–Crippen LogP) is 1.38. The van der Waals surface area contributed by atoms with Crippen molar-refractivity contribution >= 4 is 11.6 Å². The molecule has 4 heteroatoms. The molecule has 0 atom stereocenters. The van der Waals surface area contributed by atoms with Gasteiger partial charge in [-0.05, 0) is 6.42 Å². The molecule has 0 aliphatic rings. The zero-order valence-corrected chi connectivity index (χ0v) is 6.98. The van der Waals surface area contributed by atoms with E-state index >= 15 is 0 Å². The molecule has 1 rings (SSSR count). The van der Waals surface area contributed by atoms with Crippen LogP contribution in [-0.4, -0.2) is 9.97 Å². The molecule has 0 aromatic carbocycles. The molecular formula is C7H9ClN2O. The molecular weight excluding hydrogens is 164 g/mol. The summed E-state index contributed by atoms with van der Waals surface area (Å²) in [6, 6.07) is 0. The number of halogens is 1. The van der Waals surface area contributed by atoms with Crippen LogP contribution >= 0.6 is 11.6 Å². The van der Waals surface area contributed by atoms with E-state index in [1.165, 1.54) is 6.33 Å².